The van der Waals surface area contributed by atoms with E-state index in [1.807, 2.05) is 86.6 Å². The maximum Gasteiger partial charge on any atom is 0.282 e. The molecule has 0 aliphatic carbocycles. The largest absolute Gasteiger partial charge is 0.494 e. The van der Waals surface area contributed by atoms with Crippen LogP contribution < -0.4 is 15.0 Å². The molecule has 0 aliphatic rings. The quantitative estimate of drug-likeness (QED) is 0.170. The Morgan fingerprint density at radius 1 is 0.951 bits per heavy atom. The average Bonchev–Trinajstić information content (AvgIpc) is 2.97. The van der Waals surface area contributed by atoms with E-state index in [9.17, 15) is 4.79 Å². The van der Waals surface area contributed by atoms with Crippen LogP contribution in [-0.4, -0.2) is 22.5 Å². The summed E-state index contributed by atoms with van der Waals surface area (Å²) in [6.45, 7) is 9.08. The molecular weight excluding hydrogens is 534 g/mol. The second kappa shape index (κ2) is 12.4. The third-order valence-corrected chi connectivity index (χ3v) is 7.21. The van der Waals surface area contributed by atoms with Gasteiger partial charge in [-0.05, 0) is 73.4 Å². The first-order valence-corrected chi connectivity index (χ1v) is 14.0. The third kappa shape index (κ3) is 6.03. The van der Waals surface area contributed by atoms with Crippen molar-refractivity contribution in [1.82, 2.24) is 9.66 Å². The fraction of sp³-hybridized carbons (Fsp3) is 0.206. The van der Waals surface area contributed by atoms with Crippen LogP contribution in [0.5, 0.6) is 11.5 Å². The smallest absolute Gasteiger partial charge is 0.282 e. The van der Waals surface area contributed by atoms with Gasteiger partial charge in [0.2, 0.25) is 0 Å². The topological polar surface area (TPSA) is 65.7 Å². The van der Waals surface area contributed by atoms with E-state index in [1.54, 1.807) is 12.3 Å². The van der Waals surface area contributed by atoms with Gasteiger partial charge in [0.25, 0.3) is 5.56 Å². The van der Waals surface area contributed by atoms with Crippen molar-refractivity contribution in [3.05, 3.63) is 123 Å². The van der Waals surface area contributed by atoms with Gasteiger partial charge in [-0.1, -0.05) is 67.9 Å². The van der Waals surface area contributed by atoms with E-state index in [0.29, 0.717) is 40.7 Å². The molecule has 0 atom stereocenters. The minimum Gasteiger partial charge on any atom is -0.494 e. The molecule has 6 nitrogen and oxygen atoms in total. The molecule has 0 aliphatic heterocycles. The molecule has 1 aromatic heterocycles. The van der Waals surface area contributed by atoms with Gasteiger partial charge >= 0.3 is 0 Å². The lowest BCUT2D eigenvalue weighted by molar-refractivity contribution is 0.306. The van der Waals surface area contributed by atoms with Gasteiger partial charge in [0.1, 0.15) is 18.1 Å². The fourth-order valence-corrected chi connectivity index (χ4v) is 4.88. The number of benzene rings is 4. The molecule has 0 saturated heterocycles. The van der Waals surface area contributed by atoms with Gasteiger partial charge in [-0.3, -0.25) is 4.79 Å². The summed E-state index contributed by atoms with van der Waals surface area (Å²) < 4.78 is 13.4. The second-order valence-corrected chi connectivity index (χ2v) is 10.4. The average molecular weight is 566 g/mol. The molecule has 208 valence electrons. The molecule has 5 rings (SSSR count). The van der Waals surface area contributed by atoms with Crippen LogP contribution in [0.2, 0.25) is 5.02 Å². The van der Waals surface area contributed by atoms with Crippen LogP contribution >= 0.6 is 11.6 Å². The third-order valence-electron chi connectivity index (χ3n) is 6.85. The number of rotatable bonds is 9. The first-order valence-electron chi connectivity index (χ1n) is 13.7. The monoisotopic (exact) mass is 565 g/mol. The van der Waals surface area contributed by atoms with Crippen molar-refractivity contribution in [2.75, 3.05) is 6.61 Å². The normalized spacial score (nSPS) is 11.5. The highest BCUT2D eigenvalue weighted by molar-refractivity contribution is 6.31. The number of ether oxygens (including phenoxy) is 2. The Morgan fingerprint density at radius 2 is 1.68 bits per heavy atom. The molecule has 4 aromatic carbocycles. The van der Waals surface area contributed by atoms with Crippen molar-refractivity contribution < 1.29 is 9.47 Å². The lowest BCUT2D eigenvalue weighted by Crippen LogP contribution is -2.21. The zero-order chi connectivity index (χ0) is 28.9. The van der Waals surface area contributed by atoms with E-state index in [0.717, 1.165) is 33.6 Å². The molecule has 0 N–H and O–H groups in total. The number of para-hydroxylation sites is 2. The van der Waals surface area contributed by atoms with E-state index in [2.05, 4.69) is 25.0 Å². The highest BCUT2D eigenvalue weighted by Gasteiger charge is 2.18. The summed E-state index contributed by atoms with van der Waals surface area (Å²) in [5.74, 6) is 2.13. The van der Waals surface area contributed by atoms with E-state index in [4.69, 9.17) is 26.1 Å². The van der Waals surface area contributed by atoms with Gasteiger partial charge in [-0.25, -0.2) is 4.98 Å². The van der Waals surface area contributed by atoms with Crippen molar-refractivity contribution in [2.45, 2.75) is 40.2 Å². The number of halogens is 1. The number of hydrogen-bond acceptors (Lipinski definition) is 5. The predicted octanol–water partition coefficient (Wildman–Crippen LogP) is 8.01. The number of aryl methyl sites for hydroxylation is 1. The van der Waals surface area contributed by atoms with Crippen molar-refractivity contribution >= 4 is 28.7 Å². The minimum absolute atomic E-state index is 0.210. The summed E-state index contributed by atoms with van der Waals surface area (Å²) >= 11 is 6.32. The van der Waals surface area contributed by atoms with Crippen LogP contribution in [0, 0.1) is 6.92 Å². The van der Waals surface area contributed by atoms with Gasteiger partial charge < -0.3 is 9.47 Å². The molecule has 1 heterocycles. The van der Waals surface area contributed by atoms with E-state index < -0.39 is 0 Å². The zero-order valence-electron chi connectivity index (χ0n) is 23.6. The summed E-state index contributed by atoms with van der Waals surface area (Å²) in [7, 11) is 0. The highest BCUT2D eigenvalue weighted by Crippen LogP contribution is 2.34. The number of fused-ring (bicyclic) bond motifs is 1. The Morgan fingerprint density at radius 3 is 2.46 bits per heavy atom. The number of hydrogen-bond donors (Lipinski definition) is 0. The Bertz CT molecular complexity index is 1790. The first kappa shape index (κ1) is 28.1. The maximum atomic E-state index is 13.8. The van der Waals surface area contributed by atoms with Crippen molar-refractivity contribution in [3.63, 3.8) is 0 Å². The summed E-state index contributed by atoms with van der Waals surface area (Å²) in [5.41, 5.74) is 4.76. The summed E-state index contributed by atoms with van der Waals surface area (Å²) in [4.78, 5) is 18.7. The van der Waals surface area contributed by atoms with Gasteiger partial charge in [0.05, 0.1) is 23.7 Å². The summed E-state index contributed by atoms with van der Waals surface area (Å²) in [6, 6.07) is 26.5. The SMILES string of the molecule is CCOc1cc(C)c(-c2nc3ccccc3c(=O)n2N=Cc2ccccc2OCc2ccccc2Cl)cc1C(C)C. The van der Waals surface area contributed by atoms with Crippen LogP contribution in [0.4, 0.5) is 0 Å². The molecular formula is C34H32ClN3O3. The van der Waals surface area contributed by atoms with Gasteiger partial charge in [0.15, 0.2) is 5.82 Å². The molecule has 0 fully saturated rings. The van der Waals surface area contributed by atoms with Crippen LogP contribution in [-0.2, 0) is 6.61 Å². The molecule has 0 amide bonds. The first-order chi connectivity index (χ1) is 19.9. The number of nitrogens with zero attached hydrogens (tertiary/aromatic N) is 3. The Labute approximate surface area is 244 Å². The van der Waals surface area contributed by atoms with Crippen molar-refractivity contribution in [3.8, 4) is 22.9 Å². The minimum atomic E-state index is -0.254. The lowest BCUT2D eigenvalue weighted by atomic mass is 9.96. The molecule has 0 saturated carbocycles. The van der Waals surface area contributed by atoms with Crippen LogP contribution in [0.3, 0.4) is 0 Å². The van der Waals surface area contributed by atoms with E-state index in [-0.39, 0.29) is 11.5 Å². The van der Waals surface area contributed by atoms with Crippen LogP contribution in [0.25, 0.3) is 22.3 Å². The molecule has 0 unspecified atom stereocenters. The Hall–Kier alpha value is -4.42. The molecule has 0 bridgehead atoms. The standard InChI is InChI=1S/C34H32ClN3O3/c1-5-40-32-18-23(4)28(19-27(32)22(2)3)33-37-30-16-10-8-14-26(30)34(39)38(33)36-20-24-12-7-11-17-31(24)41-21-25-13-6-9-15-29(25)35/h6-20,22H,5,21H2,1-4H3. The second-order valence-electron chi connectivity index (χ2n) is 10.0. The van der Waals surface area contributed by atoms with Gasteiger partial charge in [-0.15, -0.1) is 0 Å². The van der Waals surface area contributed by atoms with Gasteiger partial charge in [0, 0.05) is 21.7 Å². The van der Waals surface area contributed by atoms with Crippen molar-refractivity contribution in [2.24, 2.45) is 5.10 Å². The Balaban J connectivity index is 1.62. The zero-order valence-corrected chi connectivity index (χ0v) is 24.4. The molecule has 0 spiro atoms. The molecule has 0 radical (unpaired) electrons. The van der Waals surface area contributed by atoms with Crippen molar-refractivity contribution in [1.29, 1.82) is 0 Å². The highest BCUT2D eigenvalue weighted by atomic mass is 35.5. The van der Waals surface area contributed by atoms with Crippen LogP contribution in [0.15, 0.2) is 94.8 Å². The van der Waals surface area contributed by atoms with Crippen LogP contribution in [0.1, 0.15) is 48.9 Å². The Kier molecular flexibility index (Phi) is 8.50. The lowest BCUT2D eigenvalue weighted by Gasteiger charge is -2.18. The fourth-order valence-electron chi connectivity index (χ4n) is 4.69. The maximum absolute atomic E-state index is 13.8. The summed E-state index contributed by atoms with van der Waals surface area (Å²) in [6.07, 6.45) is 1.64. The molecule has 7 heteroatoms. The van der Waals surface area contributed by atoms with E-state index in [1.165, 1.54) is 4.68 Å². The molecule has 5 aromatic rings. The number of aromatic nitrogens is 2. The molecule has 41 heavy (non-hydrogen) atoms. The van der Waals surface area contributed by atoms with E-state index >= 15 is 0 Å². The summed E-state index contributed by atoms with van der Waals surface area (Å²) in [5, 5.41) is 5.82. The predicted molar refractivity (Wildman–Crippen MR) is 167 cm³/mol. The van der Waals surface area contributed by atoms with Gasteiger partial charge in [-0.2, -0.15) is 9.78 Å².